The lowest BCUT2D eigenvalue weighted by Crippen LogP contribution is -2.29. The fraction of sp³-hybridized carbons (Fsp3) is 0.804. The van der Waals surface area contributed by atoms with E-state index in [-0.39, 0.29) is 0 Å². The highest BCUT2D eigenvalue weighted by Gasteiger charge is 2.17. The van der Waals surface area contributed by atoms with Crippen LogP contribution in [0.4, 0.5) is 0 Å². The molecular weight excluding hydrogens is 625 g/mol. The molecule has 0 saturated heterocycles. The number of aromatic nitrogens is 2. The molecule has 1 aromatic carbocycles. The van der Waals surface area contributed by atoms with Crippen molar-refractivity contribution in [3.05, 3.63) is 35.7 Å². The average Bonchev–Trinajstić information content (AvgIpc) is 3.50. The van der Waals surface area contributed by atoms with Crippen molar-refractivity contribution >= 4 is 8.32 Å². The summed E-state index contributed by atoms with van der Waals surface area (Å²) in [6.45, 7) is 11.3. The summed E-state index contributed by atoms with van der Waals surface area (Å²) in [5.74, 6) is 2.02. The SMILES string of the molecule is CCCCCCCCCCCCCCCCCc1nc(-c2ccc(O[Si](C)(C)C)cc2)[nH]c1CCCCCCCCCCCCCCCCC. The van der Waals surface area contributed by atoms with Crippen molar-refractivity contribution in [2.45, 2.75) is 239 Å². The number of aromatic amines is 1. The summed E-state index contributed by atoms with van der Waals surface area (Å²) in [5.41, 5.74) is 3.89. The van der Waals surface area contributed by atoms with Gasteiger partial charge in [0.25, 0.3) is 0 Å². The van der Waals surface area contributed by atoms with E-state index in [4.69, 9.17) is 9.41 Å². The zero-order valence-electron chi connectivity index (χ0n) is 34.3. The van der Waals surface area contributed by atoms with Crippen molar-refractivity contribution in [2.24, 2.45) is 0 Å². The molecule has 1 heterocycles. The van der Waals surface area contributed by atoms with Crippen molar-refractivity contribution < 1.29 is 4.43 Å². The third kappa shape index (κ3) is 23.8. The van der Waals surface area contributed by atoms with E-state index < -0.39 is 8.32 Å². The summed E-state index contributed by atoms with van der Waals surface area (Å²) in [4.78, 5) is 8.96. The molecule has 0 aliphatic rings. The van der Waals surface area contributed by atoms with Gasteiger partial charge in [0.05, 0.1) is 5.69 Å². The molecule has 0 amide bonds. The van der Waals surface area contributed by atoms with E-state index in [2.05, 4.69) is 62.7 Å². The third-order valence-electron chi connectivity index (χ3n) is 10.5. The van der Waals surface area contributed by atoms with E-state index in [1.165, 1.54) is 210 Å². The molecule has 0 saturated carbocycles. The first-order chi connectivity index (χ1) is 24.4. The van der Waals surface area contributed by atoms with Gasteiger partial charge in [-0.15, -0.1) is 0 Å². The van der Waals surface area contributed by atoms with Gasteiger partial charge in [-0.1, -0.05) is 194 Å². The van der Waals surface area contributed by atoms with Crippen LogP contribution in [0.1, 0.15) is 218 Å². The number of imidazole rings is 1. The Morgan fingerprint density at radius 2 is 0.800 bits per heavy atom. The molecule has 2 aromatic rings. The zero-order chi connectivity index (χ0) is 36.0. The van der Waals surface area contributed by atoms with Crippen LogP contribution in [0, 0.1) is 0 Å². The Morgan fingerprint density at radius 3 is 1.16 bits per heavy atom. The van der Waals surface area contributed by atoms with Gasteiger partial charge in [-0.05, 0) is 69.6 Å². The number of nitrogens with zero attached hydrogens (tertiary/aromatic N) is 1. The van der Waals surface area contributed by atoms with Gasteiger partial charge in [-0.25, -0.2) is 4.98 Å². The number of aryl methyl sites for hydroxylation is 2. The average molecular weight is 709 g/mol. The van der Waals surface area contributed by atoms with Gasteiger partial charge in [0.2, 0.25) is 8.32 Å². The van der Waals surface area contributed by atoms with E-state index in [9.17, 15) is 0 Å². The number of benzene rings is 1. The molecule has 1 aromatic heterocycles. The molecule has 1 N–H and O–H groups in total. The van der Waals surface area contributed by atoms with E-state index in [1.54, 1.807) is 0 Å². The number of hydrogen-bond acceptors (Lipinski definition) is 2. The zero-order valence-corrected chi connectivity index (χ0v) is 35.3. The van der Waals surface area contributed by atoms with E-state index in [0.717, 1.165) is 24.4 Å². The molecule has 0 bridgehead atoms. The van der Waals surface area contributed by atoms with Crippen molar-refractivity contribution in [2.75, 3.05) is 0 Å². The molecule has 0 aliphatic carbocycles. The number of hydrogen-bond donors (Lipinski definition) is 1. The highest BCUT2D eigenvalue weighted by atomic mass is 28.4. The molecule has 2 rings (SSSR count). The molecule has 0 spiro atoms. The first-order valence-electron chi connectivity index (χ1n) is 22.3. The van der Waals surface area contributed by atoms with Crippen LogP contribution in [-0.2, 0) is 12.8 Å². The molecule has 4 heteroatoms. The third-order valence-corrected chi connectivity index (χ3v) is 11.3. The van der Waals surface area contributed by atoms with Crippen molar-refractivity contribution in [3.8, 4) is 17.1 Å². The van der Waals surface area contributed by atoms with Gasteiger partial charge in [0, 0.05) is 11.3 Å². The highest BCUT2D eigenvalue weighted by Crippen LogP contribution is 2.25. The topological polar surface area (TPSA) is 37.9 Å². The van der Waals surface area contributed by atoms with E-state index >= 15 is 0 Å². The molecule has 0 aliphatic heterocycles. The predicted octanol–water partition coefficient (Wildman–Crippen LogP) is 16.1. The summed E-state index contributed by atoms with van der Waals surface area (Å²) >= 11 is 0. The smallest absolute Gasteiger partial charge is 0.242 e. The van der Waals surface area contributed by atoms with Crippen molar-refractivity contribution in [1.82, 2.24) is 9.97 Å². The summed E-state index contributed by atoms with van der Waals surface area (Å²) in [6.07, 6.45) is 44.6. The second kappa shape index (κ2) is 30.0. The van der Waals surface area contributed by atoms with Crippen LogP contribution in [0.15, 0.2) is 24.3 Å². The first-order valence-corrected chi connectivity index (χ1v) is 25.7. The second-order valence-electron chi connectivity index (χ2n) is 16.6. The Morgan fingerprint density at radius 1 is 0.460 bits per heavy atom. The number of H-pyrrole nitrogens is 1. The lowest BCUT2D eigenvalue weighted by Gasteiger charge is -2.19. The Kier molecular flexibility index (Phi) is 26.7. The van der Waals surface area contributed by atoms with Crippen LogP contribution in [-0.4, -0.2) is 18.3 Å². The Bertz CT molecular complexity index is 972. The largest absolute Gasteiger partial charge is 0.544 e. The standard InChI is InChI=1S/C46H84N2OSi/c1-6-8-10-12-14-16-18-20-22-24-26-28-30-32-34-36-44-45(48-46(47-44)42-38-40-43(41-39-42)49-50(3,4)5)37-35-33-31-29-27-25-23-21-19-17-15-13-11-9-7-2/h38-41H,6-37H2,1-5H3,(H,47,48). The van der Waals surface area contributed by atoms with Crippen molar-refractivity contribution in [1.29, 1.82) is 0 Å². The predicted molar refractivity (Wildman–Crippen MR) is 225 cm³/mol. The van der Waals surface area contributed by atoms with Gasteiger partial charge in [-0.3, -0.25) is 0 Å². The van der Waals surface area contributed by atoms with E-state index in [1.807, 2.05) is 0 Å². The molecule has 3 nitrogen and oxygen atoms in total. The van der Waals surface area contributed by atoms with E-state index in [0.29, 0.717) is 0 Å². The molecule has 0 radical (unpaired) electrons. The van der Waals surface area contributed by atoms with Gasteiger partial charge in [-0.2, -0.15) is 0 Å². The minimum atomic E-state index is -1.61. The summed E-state index contributed by atoms with van der Waals surface area (Å²) in [7, 11) is -1.61. The lowest BCUT2D eigenvalue weighted by atomic mass is 10.0. The summed E-state index contributed by atoms with van der Waals surface area (Å²) in [5, 5.41) is 0. The fourth-order valence-electron chi connectivity index (χ4n) is 7.37. The van der Waals surface area contributed by atoms with Gasteiger partial charge < -0.3 is 9.41 Å². The highest BCUT2D eigenvalue weighted by molar-refractivity contribution is 6.70. The lowest BCUT2D eigenvalue weighted by molar-refractivity contribution is 0.530. The van der Waals surface area contributed by atoms with Crippen LogP contribution < -0.4 is 4.43 Å². The number of unbranched alkanes of at least 4 members (excludes halogenated alkanes) is 28. The van der Waals surface area contributed by atoms with Gasteiger partial charge >= 0.3 is 0 Å². The maximum Gasteiger partial charge on any atom is 0.242 e. The van der Waals surface area contributed by atoms with Crippen LogP contribution in [0.2, 0.25) is 19.6 Å². The molecule has 50 heavy (non-hydrogen) atoms. The summed E-state index contributed by atoms with van der Waals surface area (Å²) < 4.78 is 6.20. The minimum Gasteiger partial charge on any atom is -0.544 e. The molecule has 288 valence electrons. The number of rotatable bonds is 35. The van der Waals surface area contributed by atoms with Crippen molar-refractivity contribution in [3.63, 3.8) is 0 Å². The fourth-order valence-corrected chi connectivity index (χ4v) is 8.21. The molecule has 0 fully saturated rings. The number of nitrogens with one attached hydrogen (secondary N) is 1. The Labute approximate surface area is 313 Å². The second-order valence-corrected chi connectivity index (χ2v) is 21.1. The van der Waals surface area contributed by atoms with Gasteiger partial charge in [0.1, 0.15) is 11.6 Å². The molecule has 0 unspecified atom stereocenters. The maximum atomic E-state index is 6.20. The van der Waals surface area contributed by atoms with Crippen LogP contribution in [0.5, 0.6) is 5.75 Å². The Balaban J connectivity index is 1.67. The maximum absolute atomic E-state index is 6.20. The van der Waals surface area contributed by atoms with Crippen LogP contribution in [0.25, 0.3) is 11.4 Å². The minimum absolute atomic E-state index is 0.982. The normalized spacial score (nSPS) is 11.9. The Hall–Kier alpha value is -1.55. The monoisotopic (exact) mass is 709 g/mol. The van der Waals surface area contributed by atoms with Crippen LogP contribution in [0.3, 0.4) is 0 Å². The summed E-state index contributed by atoms with van der Waals surface area (Å²) in [6, 6.07) is 8.61. The molecular formula is C46H84N2OSi. The van der Waals surface area contributed by atoms with Gasteiger partial charge in [0.15, 0.2) is 0 Å². The first kappa shape index (κ1) is 44.6. The molecule has 0 atom stereocenters. The quantitative estimate of drug-likeness (QED) is 0.0572. The van der Waals surface area contributed by atoms with Crippen LogP contribution >= 0.6 is 0 Å².